The lowest BCUT2D eigenvalue weighted by atomic mass is 10.1. The van der Waals surface area contributed by atoms with E-state index < -0.39 is 10.0 Å². The van der Waals surface area contributed by atoms with Gasteiger partial charge in [0.05, 0.1) is 18.6 Å². The van der Waals surface area contributed by atoms with E-state index in [2.05, 4.69) is 31.9 Å². The number of pyridine rings is 1. The van der Waals surface area contributed by atoms with Crippen LogP contribution in [-0.2, 0) is 23.1 Å². The Morgan fingerprint density at radius 2 is 1.74 bits per heavy atom. The van der Waals surface area contributed by atoms with Crippen LogP contribution in [0.3, 0.4) is 0 Å². The molecule has 2 saturated heterocycles. The van der Waals surface area contributed by atoms with Crippen molar-refractivity contribution in [3.8, 4) is 5.75 Å². The van der Waals surface area contributed by atoms with Gasteiger partial charge in [-0.05, 0) is 80.5 Å². The minimum atomic E-state index is -3.82. The van der Waals surface area contributed by atoms with Crippen molar-refractivity contribution in [2.45, 2.75) is 63.6 Å². The average Bonchev–Trinajstić information content (AvgIpc) is 3.46. The summed E-state index contributed by atoms with van der Waals surface area (Å²) >= 11 is 0. The second kappa shape index (κ2) is 12.3. The number of anilines is 1. The molecule has 3 aromatic rings. The zero-order valence-corrected chi connectivity index (χ0v) is 26.0. The highest BCUT2D eigenvalue weighted by atomic mass is 32.2. The number of sulfonamides is 1. The number of rotatable bonds is 10. The monoisotopic (exact) mass is 608 g/mol. The number of oxazole rings is 1. The Labute approximate surface area is 253 Å². The van der Waals surface area contributed by atoms with Crippen molar-refractivity contribution >= 4 is 21.7 Å². The summed E-state index contributed by atoms with van der Waals surface area (Å²) < 4.78 is 40.1. The number of aromatic nitrogens is 2. The molecular formula is C31H40N6O5S. The van der Waals surface area contributed by atoms with Gasteiger partial charge in [-0.2, -0.15) is 4.31 Å². The van der Waals surface area contributed by atoms with E-state index in [1.165, 1.54) is 29.0 Å². The Hall–Kier alpha value is -3.48. The van der Waals surface area contributed by atoms with E-state index in [1.807, 2.05) is 6.20 Å². The Morgan fingerprint density at radius 1 is 1.05 bits per heavy atom. The van der Waals surface area contributed by atoms with Gasteiger partial charge in [0.15, 0.2) is 5.69 Å². The topological polar surface area (TPSA) is 112 Å². The first kappa shape index (κ1) is 29.6. The molecule has 0 unspecified atom stereocenters. The normalized spacial score (nSPS) is 18.0. The Kier molecular flexibility index (Phi) is 8.43. The number of ether oxygens (including phenoxy) is 1. The molecule has 12 heteroatoms. The van der Waals surface area contributed by atoms with E-state index in [9.17, 15) is 13.2 Å². The molecular weight excluding hydrogens is 568 g/mol. The fraction of sp³-hybridized carbons (Fsp3) is 0.516. The Bertz CT molecular complexity index is 1550. The molecule has 1 aromatic carbocycles. The van der Waals surface area contributed by atoms with Crippen molar-refractivity contribution in [1.82, 2.24) is 24.1 Å². The van der Waals surface area contributed by atoms with E-state index in [-0.39, 0.29) is 35.0 Å². The fourth-order valence-electron chi connectivity index (χ4n) is 6.15. The van der Waals surface area contributed by atoms with Gasteiger partial charge in [0.2, 0.25) is 15.9 Å². The van der Waals surface area contributed by atoms with E-state index in [1.54, 1.807) is 38.0 Å². The van der Waals surface area contributed by atoms with Crippen LogP contribution >= 0.6 is 0 Å². The third-order valence-corrected chi connectivity index (χ3v) is 10.8. The largest absolute Gasteiger partial charge is 0.497 e. The van der Waals surface area contributed by atoms with Crippen LogP contribution < -0.4 is 9.64 Å². The number of amides is 1. The fourth-order valence-corrected chi connectivity index (χ4v) is 8.20. The predicted octanol–water partition coefficient (Wildman–Crippen LogP) is 3.61. The molecule has 0 N–H and O–H groups in total. The third-order valence-electron chi connectivity index (χ3n) is 8.56. The molecule has 0 spiro atoms. The SMILES string of the molecule is COc1cc(C)c(S(=O)(=O)N(Cc2nc(C(=O)N3CCN(Cc4ccnc(N5CCCC5)c4)CC3)co2)C2CC2)c(C)c1. The lowest BCUT2D eigenvalue weighted by Crippen LogP contribution is -2.48. The Balaban J connectivity index is 1.08. The van der Waals surface area contributed by atoms with Crippen molar-refractivity contribution in [1.29, 1.82) is 0 Å². The van der Waals surface area contributed by atoms with Crippen molar-refractivity contribution in [3.05, 3.63) is 65.0 Å². The quantitative estimate of drug-likeness (QED) is 0.341. The molecule has 2 aromatic heterocycles. The van der Waals surface area contributed by atoms with Crippen LogP contribution in [0.5, 0.6) is 5.75 Å². The maximum Gasteiger partial charge on any atom is 0.275 e. The van der Waals surface area contributed by atoms with Crippen molar-refractivity contribution in [2.75, 3.05) is 51.3 Å². The highest BCUT2D eigenvalue weighted by Gasteiger charge is 2.40. The summed E-state index contributed by atoms with van der Waals surface area (Å²) in [6, 6.07) is 7.60. The number of benzene rings is 1. The number of carbonyl (C=O) groups is 1. The van der Waals surface area contributed by atoms with Crippen LogP contribution in [0.4, 0.5) is 5.82 Å². The molecule has 1 saturated carbocycles. The molecule has 230 valence electrons. The number of carbonyl (C=O) groups excluding carboxylic acids is 1. The second-order valence-electron chi connectivity index (χ2n) is 11.8. The van der Waals surface area contributed by atoms with E-state index in [0.29, 0.717) is 30.0 Å². The molecule has 2 aliphatic heterocycles. The summed E-state index contributed by atoms with van der Waals surface area (Å²) in [4.78, 5) is 29.1. The molecule has 1 amide bonds. The summed E-state index contributed by atoms with van der Waals surface area (Å²) in [6.45, 7) is 9.17. The molecule has 3 aliphatic rings. The van der Waals surface area contributed by atoms with Crippen molar-refractivity contribution in [2.24, 2.45) is 0 Å². The predicted molar refractivity (Wildman–Crippen MR) is 162 cm³/mol. The molecule has 4 heterocycles. The lowest BCUT2D eigenvalue weighted by molar-refractivity contribution is 0.0622. The number of aryl methyl sites for hydroxylation is 2. The number of hydrogen-bond donors (Lipinski definition) is 0. The standard InChI is InChI=1S/C31H40N6O5S/c1-22-16-26(41-3)17-23(2)30(22)43(39,40)37(25-6-7-25)20-29-33-27(21-42-29)31(38)36-14-12-34(13-15-36)19-24-8-9-32-28(18-24)35-10-4-5-11-35/h8-9,16-18,21,25H,4-7,10-15,19-20H2,1-3H3. The molecule has 0 radical (unpaired) electrons. The second-order valence-corrected chi connectivity index (χ2v) is 13.6. The molecule has 6 rings (SSSR count). The minimum absolute atomic E-state index is 0.0235. The number of nitrogens with zero attached hydrogens (tertiary/aromatic N) is 6. The number of hydrogen-bond acceptors (Lipinski definition) is 9. The van der Waals surface area contributed by atoms with Gasteiger partial charge >= 0.3 is 0 Å². The van der Waals surface area contributed by atoms with Gasteiger partial charge in [-0.3, -0.25) is 9.69 Å². The highest BCUT2D eigenvalue weighted by molar-refractivity contribution is 7.89. The molecule has 11 nitrogen and oxygen atoms in total. The Morgan fingerprint density at radius 3 is 2.40 bits per heavy atom. The first-order valence-electron chi connectivity index (χ1n) is 15.1. The van der Waals surface area contributed by atoms with Crippen LogP contribution in [0.2, 0.25) is 0 Å². The summed E-state index contributed by atoms with van der Waals surface area (Å²) in [5.41, 5.74) is 2.69. The minimum Gasteiger partial charge on any atom is -0.497 e. The molecule has 3 fully saturated rings. The van der Waals surface area contributed by atoms with Gasteiger partial charge in [-0.1, -0.05) is 0 Å². The van der Waals surface area contributed by atoms with Crippen molar-refractivity contribution < 1.29 is 22.4 Å². The third kappa shape index (κ3) is 6.41. The molecule has 43 heavy (non-hydrogen) atoms. The van der Waals surface area contributed by atoms with Gasteiger partial charge in [0, 0.05) is 58.1 Å². The summed E-state index contributed by atoms with van der Waals surface area (Å²) in [5.74, 6) is 1.69. The first-order valence-corrected chi connectivity index (χ1v) is 16.5. The number of methoxy groups -OCH3 is 1. The van der Waals surface area contributed by atoms with Crippen molar-refractivity contribution in [3.63, 3.8) is 0 Å². The smallest absolute Gasteiger partial charge is 0.275 e. The summed E-state index contributed by atoms with van der Waals surface area (Å²) in [7, 11) is -2.26. The van der Waals surface area contributed by atoms with Crippen LogP contribution in [0.15, 0.2) is 46.0 Å². The molecule has 0 bridgehead atoms. The van der Waals surface area contributed by atoms with Crippen LogP contribution in [-0.4, -0.2) is 90.8 Å². The van der Waals surface area contributed by atoms with Crippen LogP contribution in [0, 0.1) is 13.8 Å². The van der Waals surface area contributed by atoms with E-state index in [0.717, 1.165) is 51.4 Å². The summed E-state index contributed by atoms with van der Waals surface area (Å²) in [6.07, 6.45) is 7.24. The van der Waals surface area contributed by atoms with Gasteiger partial charge in [0.1, 0.15) is 17.8 Å². The maximum atomic E-state index is 13.8. The van der Waals surface area contributed by atoms with Gasteiger partial charge in [0.25, 0.3) is 5.91 Å². The first-order chi connectivity index (χ1) is 20.7. The number of piperazine rings is 1. The molecule has 0 atom stereocenters. The van der Waals surface area contributed by atoms with Gasteiger partial charge in [-0.25, -0.2) is 18.4 Å². The maximum absolute atomic E-state index is 13.8. The van der Waals surface area contributed by atoms with E-state index in [4.69, 9.17) is 9.15 Å². The lowest BCUT2D eigenvalue weighted by Gasteiger charge is -2.34. The average molecular weight is 609 g/mol. The molecule has 1 aliphatic carbocycles. The van der Waals surface area contributed by atoms with Gasteiger partial charge in [-0.15, -0.1) is 0 Å². The van der Waals surface area contributed by atoms with E-state index >= 15 is 0 Å². The summed E-state index contributed by atoms with van der Waals surface area (Å²) in [5, 5.41) is 0. The highest BCUT2D eigenvalue weighted by Crippen LogP contribution is 2.36. The zero-order chi connectivity index (χ0) is 30.1. The van der Waals surface area contributed by atoms with Gasteiger partial charge < -0.3 is 19.0 Å². The zero-order valence-electron chi connectivity index (χ0n) is 25.2. The van der Waals surface area contributed by atoms with Crippen LogP contribution in [0.25, 0.3) is 0 Å². The van der Waals surface area contributed by atoms with Crippen LogP contribution in [0.1, 0.15) is 58.8 Å².